The molecule has 4 rings (SSSR count). The standard InChI is InChI=1S/C26H29Cl2N3O7S/c1-26(8-5-11-31(26)39(36,37)21-15-18(27)14-19(28)16-21)24(34)29-22(23(32)33)13-17-6-4-7-20(12-17)38-25(35)30-9-2-3-10-30/h4,6-7,12,14-16,22H,2-3,5,8-11,13H2,1H3,(H,29,34)(H,32,33)/t22-,26-/m0/s1. The van der Waals surface area contributed by atoms with E-state index in [4.69, 9.17) is 27.9 Å². The average Bonchev–Trinajstić information content (AvgIpc) is 3.54. The molecule has 0 aromatic heterocycles. The predicted octanol–water partition coefficient (Wildman–Crippen LogP) is 3.94. The lowest BCUT2D eigenvalue weighted by Gasteiger charge is -2.34. The van der Waals surface area contributed by atoms with Gasteiger partial charge in [-0.05, 0) is 68.5 Å². The molecule has 2 aromatic rings. The SMILES string of the molecule is C[C@@]1(C(=O)N[C@@H](Cc2cccc(OC(=O)N3CCCC3)c2)C(=O)O)CCCN1S(=O)(=O)c1cc(Cl)cc(Cl)c1. The molecule has 2 aromatic carbocycles. The molecule has 0 saturated carbocycles. The fourth-order valence-electron chi connectivity index (χ4n) is 4.91. The van der Waals surface area contributed by atoms with Crippen LogP contribution in [0.4, 0.5) is 4.79 Å². The van der Waals surface area contributed by atoms with Gasteiger partial charge in [0.05, 0.1) is 4.90 Å². The van der Waals surface area contributed by atoms with Crippen LogP contribution in [0.5, 0.6) is 5.75 Å². The number of nitrogens with one attached hydrogen (secondary N) is 1. The molecule has 2 fully saturated rings. The van der Waals surface area contributed by atoms with E-state index in [0.717, 1.165) is 17.1 Å². The highest BCUT2D eigenvalue weighted by Crippen LogP contribution is 2.36. The number of benzene rings is 2. The van der Waals surface area contributed by atoms with Gasteiger partial charge in [-0.25, -0.2) is 18.0 Å². The second-order valence-electron chi connectivity index (χ2n) is 9.84. The van der Waals surface area contributed by atoms with E-state index in [1.807, 2.05) is 0 Å². The minimum atomic E-state index is -4.17. The number of nitrogens with zero attached hydrogens (tertiary/aromatic N) is 2. The van der Waals surface area contributed by atoms with Crippen LogP contribution in [0.2, 0.25) is 10.0 Å². The van der Waals surface area contributed by atoms with Gasteiger partial charge in [0.2, 0.25) is 15.9 Å². The van der Waals surface area contributed by atoms with Gasteiger partial charge in [-0.2, -0.15) is 4.31 Å². The van der Waals surface area contributed by atoms with E-state index >= 15 is 0 Å². The van der Waals surface area contributed by atoms with Crippen molar-refractivity contribution in [2.75, 3.05) is 19.6 Å². The molecule has 0 spiro atoms. The molecule has 2 saturated heterocycles. The van der Waals surface area contributed by atoms with E-state index in [1.54, 1.807) is 29.2 Å². The van der Waals surface area contributed by atoms with E-state index in [9.17, 15) is 27.9 Å². The summed E-state index contributed by atoms with van der Waals surface area (Å²) in [5, 5.41) is 12.6. The van der Waals surface area contributed by atoms with E-state index in [-0.39, 0.29) is 40.1 Å². The first-order valence-electron chi connectivity index (χ1n) is 12.5. The summed E-state index contributed by atoms with van der Waals surface area (Å²) in [5.74, 6) is -1.76. The van der Waals surface area contributed by atoms with Crippen molar-refractivity contribution in [2.24, 2.45) is 0 Å². The van der Waals surface area contributed by atoms with Gasteiger partial charge < -0.3 is 20.1 Å². The van der Waals surface area contributed by atoms with Crippen molar-refractivity contribution in [3.8, 4) is 5.75 Å². The van der Waals surface area contributed by atoms with Crippen molar-refractivity contribution in [3.05, 3.63) is 58.1 Å². The maximum Gasteiger partial charge on any atom is 0.415 e. The lowest BCUT2D eigenvalue weighted by atomic mass is 9.97. The van der Waals surface area contributed by atoms with Gasteiger partial charge in [-0.1, -0.05) is 35.3 Å². The first kappa shape index (κ1) is 29.1. The second kappa shape index (κ2) is 11.7. The molecule has 2 heterocycles. The van der Waals surface area contributed by atoms with Crippen LogP contribution >= 0.6 is 23.2 Å². The maximum absolute atomic E-state index is 13.5. The number of hydrogen-bond acceptors (Lipinski definition) is 6. The van der Waals surface area contributed by atoms with Crippen LogP contribution in [0, 0.1) is 0 Å². The van der Waals surface area contributed by atoms with Crippen molar-refractivity contribution in [1.29, 1.82) is 0 Å². The maximum atomic E-state index is 13.5. The predicted molar refractivity (Wildman–Crippen MR) is 145 cm³/mol. The fraction of sp³-hybridized carbons (Fsp3) is 0.423. The smallest absolute Gasteiger partial charge is 0.415 e. The summed E-state index contributed by atoms with van der Waals surface area (Å²) in [6, 6.07) is 8.98. The highest BCUT2D eigenvalue weighted by atomic mass is 35.5. The number of hydrogen-bond donors (Lipinski definition) is 2. The van der Waals surface area contributed by atoms with Gasteiger partial charge in [-0.15, -0.1) is 0 Å². The van der Waals surface area contributed by atoms with Crippen LogP contribution in [0.15, 0.2) is 47.4 Å². The zero-order chi connectivity index (χ0) is 28.4. The number of sulfonamides is 1. The van der Waals surface area contributed by atoms with E-state index in [0.29, 0.717) is 25.1 Å². The first-order valence-corrected chi connectivity index (χ1v) is 14.7. The van der Waals surface area contributed by atoms with Crippen molar-refractivity contribution in [1.82, 2.24) is 14.5 Å². The van der Waals surface area contributed by atoms with Crippen molar-refractivity contribution < 1.29 is 32.6 Å². The van der Waals surface area contributed by atoms with Crippen LogP contribution < -0.4 is 10.1 Å². The molecule has 2 atom stereocenters. The van der Waals surface area contributed by atoms with Gasteiger partial charge >= 0.3 is 12.1 Å². The third-order valence-electron chi connectivity index (χ3n) is 7.00. The zero-order valence-electron chi connectivity index (χ0n) is 21.2. The minimum absolute atomic E-state index is 0.0680. The molecule has 2 aliphatic rings. The zero-order valence-corrected chi connectivity index (χ0v) is 23.6. The van der Waals surface area contributed by atoms with E-state index in [2.05, 4.69) is 5.32 Å². The number of ether oxygens (including phenoxy) is 1. The Hall–Kier alpha value is -2.86. The molecule has 0 bridgehead atoms. The molecule has 2 amide bonds. The molecule has 13 heteroatoms. The molecular formula is C26H29Cl2N3O7S. The Morgan fingerprint density at radius 2 is 1.72 bits per heavy atom. The Balaban J connectivity index is 1.50. The Labute approximate surface area is 236 Å². The topological polar surface area (TPSA) is 133 Å². The number of amides is 2. The molecule has 2 N–H and O–H groups in total. The number of halogens is 2. The quantitative estimate of drug-likeness (QED) is 0.470. The normalized spacial score (nSPS) is 20.5. The van der Waals surface area contributed by atoms with Gasteiger partial charge in [-0.3, -0.25) is 4.79 Å². The second-order valence-corrected chi connectivity index (χ2v) is 12.6. The third-order valence-corrected chi connectivity index (χ3v) is 9.43. The Morgan fingerprint density at radius 1 is 1.05 bits per heavy atom. The molecule has 210 valence electrons. The number of aliphatic carboxylic acids is 1. The monoisotopic (exact) mass is 597 g/mol. The highest BCUT2D eigenvalue weighted by molar-refractivity contribution is 7.89. The third kappa shape index (κ3) is 6.49. The Bertz CT molecular complexity index is 1360. The number of carboxylic acids is 1. The number of carbonyl (C=O) groups excluding carboxylic acids is 2. The van der Waals surface area contributed by atoms with E-state index in [1.165, 1.54) is 25.1 Å². The largest absolute Gasteiger partial charge is 0.480 e. The van der Waals surface area contributed by atoms with Gasteiger partial charge in [0.25, 0.3) is 0 Å². The summed E-state index contributed by atoms with van der Waals surface area (Å²) >= 11 is 12.0. The molecule has 0 aliphatic carbocycles. The molecule has 2 aliphatic heterocycles. The molecule has 0 unspecified atom stereocenters. The van der Waals surface area contributed by atoms with Crippen molar-refractivity contribution in [2.45, 2.75) is 55.5 Å². The summed E-state index contributed by atoms with van der Waals surface area (Å²) < 4.78 is 33.4. The van der Waals surface area contributed by atoms with Crippen LogP contribution in [-0.4, -0.2) is 71.9 Å². The molecular weight excluding hydrogens is 569 g/mol. The molecule has 0 radical (unpaired) electrons. The molecule has 10 nitrogen and oxygen atoms in total. The highest BCUT2D eigenvalue weighted by Gasteiger charge is 2.50. The lowest BCUT2D eigenvalue weighted by Crippen LogP contribution is -2.58. The van der Waals surface area contributed by atoms with Gasteiger partial charge in [0.15, 0.2) is 0 Å². The summed E-state index contributed by atoms with van der Waals surface area (Å²) in [6.07, 6.45) is 1.85. The van der Waals surface area contributed by atoms with Crippen LogP contribution in [0.25, 0.3) is 0 Å². The molecule has 39 heavy (non-hydrogen) atoms. The van der Waals surface area contributed by atoms with Crippen LogP contribution in [-0.2, 0) is 26.0 Å². The number of carbonyl (C=O) groups is 3. The lowest BCUT2D eigenvalue weighted by molar-refractivity contribution is -0.143. The summed E-state index contributed by atoms with van der Waals surface area (Å²) in [4.78, 5) is 39.3. The van der Waals surface area contributed by atoms with Crippen molar-refractivity contribution in [3.63, 3.8) is 0 Å². The number of rotatable bonds is 8. The van der Waals surface area contributed by atoms with E-state index < -0.39 is 39.6 Å². The minimum Gasteiger partial charge on any atom is -0.480 e. The number of likely N-dealkylation sites (tertiary alicyclic amines) is 1. The van der Waals surface area contributed by atoms with Gasteiger partial charge in [0.1, 0.15) is 17.3 Å². The number of carboxylic acid groups (broad SMARTS) is 1. The Kier molecular flexibility index (Phi) is 8.75. The average molecular weight is 599 g/mol. The Morgan fingerprint density at radius 3 is 2.36 bits per heavy atom. The van der Waals surface area contributed by atoms with Gasteiger partial charge in [0, 0.05) is 36.1 Å². The summed E-state index contributed by atoms with van der Waals surface area (Å²) in [5.41, 5.74) is -1.02. The fourth-order valence-corrected chi connectivity index (χ4v) is 7.44. The first-order chi connectivity index (χ1) is 18.4. The summed E-state index contributed by atoms with van der Waals surface area (Å²) in [7, 11) is -4.17. The van der Waals surface area contributed by atoms with Crippen LogP contribution in [0.1, 0.15) is 38.2 Å². The van der Waals surface area contributed by atoms with Crippen LogP contribution in [0.3, 0.4) is 0 Å². The summed E-state index contributed by atoms with van der Waals surface area (Å²) in [6.45, 7) is 2.79. The van der Waals surface area contributed by atoms with Crippen molar-refractivity contribution >= 4 is 51.2 Å².